The first-order valence-corrected chi connectivity index (χ1v) is 10.1. The molecule has 0 bridgehead atoms. The molecule has 0 rings (SSSR count). The van der Waals surface area contributed by atoms with Gasteiger partial charge < -0.3 is 10.6 Å². The molecule has 0 fully saturated rings. The zero-order chi connectivity index (χ0) is 16.1. The second-order valence-electron chi connectivity index (χ2n) is 5.91. The minimum absolute atomic E-state index is 0.132. The Kier molecular flexibility index (Phi) is 11.4. The van der Waals surface area contributed by atoms with Gasteiger partial charge in [0.05, 0.1) is 5.75 Å². The van der Waals surface area contributed by atoms with E-state index in [1.54, 1.807) is 0 Å². The van der Waals surface area contributed by atoms with Crippen molar-refractivity contribution in [1.82, 2.24) is 10.6 Å². The zero-order valence-electron chi connectivity index (χ0n) is 14.1. The van der Waals surface area contributed by atoms with Crippen LogP contribution in [-0.2, 0) is 9.84 Å². The maximum Gasteiger partial charge on any atom is 0.191 e. The Bertz CT molecular complexity index is 378. The van der Waals surface area contributed by atoms with Gasteiger partial charge in [0.15, 0.2) is 5.96 Å². The lowest BCUT2D eigenvalue weighted by Crippen LogP contribution is -2.39. The summed E-state index contributed by atoms with van der Waals surface area (Å²) in [6.45, 7) is 8.48. The molecule has 0 spiro atoms. The van der Waals surface area contributed by atoms with Gasteiger partial charge in [-0.05, 0) is 19.3 Å². The van der Waals surface area contributed by atoms with Crippen LogP contribution in [0.15, 0.2) is 4.99 Å². The fourth-order valence-electron chi connectivity index (χ4n) is 1.91. The van der Waals surface area contributed by atoms with Crippen LogP contribution in [0.1, 0.15) is 52.9 Å². The van der Waals surface area contributed by atoms with Gasteiger partial charge in [-0.15, -0.1) is 0 Å². The molecule has 0 radical (unpaired) electrons. The van der Waals surface area contributed by atoms with E-state index in [0.717, 1.165) is 25.4 Å². The molecule has 0 saturated heterocycles. The standard InChI is InChI=1S/C15H33N3O2S/c1-5-16-15(18-12-13-21(4,19)20)17-11-9-7-6-8-10-14(2)3/h14H,5-13H2,1-4H3,(H2,16,17,18). The van der Waals surface area contributed by atoms with Gasteiger partial charge in [-0.3, -0.25) is 4.99 Å². The van der Waals surface area contributed by atoms with E-state index in [4.69, 9.17) is 0 Å². The summed E-state index contributed by atoms with van der Waals surface area (Å²) < 4.78 is 22.2. The Morgan fingerprint density at radius 3 is 2.33 bits per heavy atom. The van der Waals surface area contributed by atoms with Crippen LogP contribution in [0.2, 0.25) is 0 Å². The summed E-state index contributed by atoms with van der Waals surface area (Å²) in [7, 11) is -2.92. The quantitative estimate of drug-likeness (QED) is 0.348. The minimum atomic E-state index is -2.92. The number of nitrogens with zero attached hydrogens (tertiary/aromatic N) is 1. The highest BCUT2D eigenvalue weighted by Crippen LogP contribution is 2.09. The summed E-state index contributed by atoms with van der Waals surface area (Å²) in [6.07, 6.45) is 7.41. The fraction of sp³-hybridized carbons (Fsp3) is 0.933. The van der Waals surface area contributed by atoms with Gasteiger partial charge in [0.1, 0.15) is 9.84 Å². The van der Waals surface area contributed by atoms with Crippen molar-refractivity contribution in [1.29, 1.82) is 0 Å². The average molecular weight is 320 g/mol. The number of guanidine groups is 1. The smallest absolute Gasteiger partial charge is 0.191 e. The molecular weight excluding hydrogens is 286 g/mol. The molecule has 0 heterocycles. The first kappa shape index (κ1) is 20.2. The molecule has 0 aliphatic rings. The molecule has 2 N–H and O–H groups in total. The van der Waals surface area contributed by atoms with Crippen LogP contribution in [0, 0.1) is 5.92 Å². The van der Waals surface area contributed by atoms with Crippen LogP contribution in [0.4, 0.5) is 0 Å². The maximum atomic E-state index is 11.1. The molecule has 0 aliphatic carbocycles. The van der Waals surface area contributed by atoms with E-state index in [-0.39, 0.29) is 5.75 Å². The lowest BCUT2D eigenvalue weighted by molar-refractivity contribution is 0.521. The van der Waals surface area contributed by atoms with Gasteiger partial charge >= 0.3 is 0 Å². The summed E-state index contributed by atoms with van der Waals surface area (Å²) in [5, 5.41) is 6.18. The number of rotatable bonds is 11. The number of sulfone groups is 1. The molecule has 0 atom stereocenters. The Morgan fingerprint density at radius 2 is 1.76 bits per heavy atom. The van der Waals surface area contributed by atoms with E-state index in [9.17, 15) is 8.42 Å². The van der Waals surface area contributed by atoms with Crippen LogP contribution in [0.5, 0.6) is 0 Å². The second-order valence-corrected chi connectivity index (χ2v) is 8.17. The van der Waals surface area contributed by atoms with E-state index in [1.165, 1.54) is 31.9 Å². The zero-order valence-corrected chi connectivity index (χ0v) is 14.9. The van der Waals surface area contributed by atoms with Crippen molar-refractivity contribution in [3.63, 3.8) is 0 Å². The molecule has 0 aromatic carbocycles. The molecule has 0 amide bonds. The number of hydrogen-bond donors (Lipinski definition) is 2. The van der Waals surface area contributed by atoms with Gasteiger partial charge in [-0.2, -0.15) is 0 Å². The molecule has 6 heteroatoms. The average Bonchev–Trinajstić information content (AvgIpc) is 2.35. The first-order valence-electron chi connectivity index (χ1n) is 8.05. The molecule has 0 unspecified atom stereocenters. The monoisotopic (exact) mass is 319 g/mol. The number of hydrogen-bond acceptors (Lipinski definition) is 3. The van der Waals surface area contributed by atoms with Crippen molar-refractivity contribution in [2.24, 2.45) is 10.9 Å². The Hall–Kier alpha value is -0.780. The predicted octanol–water partition coefficient (Wildman–Crippen LogP) is 2.19. The van der Waals surface area contributed by atoms with E-state index in [1.807, 2.05) is 6.92 Å². The Morgan fingerprint density at radius 1 is 1.10 bits per heavy atom. The molecule has 0 aromatic rings. The van der Waals surface area contributed by atoms with Crippen molar-refractivity contribution in [3.8, 4) is 0 Å². The van der Waals surface area contributed by atoms with Crippen molar-refractivity contribution in [2.45, 2.75) is 52.9 Å². The fourth-order valence-corrected chi connectivity index (χ4v) is 2.38. The highest BCUT2D eigenvalue weighted by atomic mass is 32.2. The van der Waals surface area contributed by atoms with Crippen molar-refractivity contribution >= 4 is 15.8 Å². The number of nitrogens with one attached hydrogen (secondary N) is 2. The highest BCUT2D eigenvalue weighted by Gasteiger charge is 2.02. The van der Waals surface area contributed by atoms with Gasteiger partial charge in [0.2, 0.25) is 0 Å². The molecule has 0 aromatic heterocycles. The normalized spacial score (nSPS) is 12.7. The first-order chi connectivity index (χ1) is 9.85. The summed E-state index contributed by atoms with van der Waals surface area (Å²) in [5.74, 6) is 1.64. The predicted molar refractivity (Wildman–Crippen MR) is 91.6 cm³/mol. The summed E-state index contributed by atoms with van der Waals surface area (Å²) in [6, 6.07) is 0. The van der Waals surface area contributed by atoms with Crippen LogP contribution in [0.3, 0.4) is 0 Å². The molecule has 126 valence electrons. The molecular formula is C15H33N3O2S. The molecule has 21 heavy (non-hydrogen) atoms. The van der Waals surface area contributed by atoms with E-state index >= 15 is 0 Å². The lowest BCUT2D eigenvalue weighted by atomic mass is 10.0. The van der Waals surface area contributed by atoms with Crippen LogP contribution in [0.25, 0.3) is 0 Å². The number of unbranched alkanes of at least 4 members (excludes halogenated alkanes) is 3. The second kappa shape index (κ2) is 11.8. The van der Waals surface area contributed by atoms with Gasteiger partial charge in [0, 0.05) is 25.9 Å². The van der Waals surface area contributed by atoms with E-state index in [0.29, 0.717) is 12.5 Å². The lowest BCUT2D eigenvalue weighted by Gasteiger charge is -2.10. The van der Waals surface area contributed by atoms with Gasteiger partial charge in [-0.1, -0.05) is 39.5 Å². The third-order valence-corrected chi connectivity index (χ3v) is 4.01. The van der Waals surface area contributed by atoms with Gasteiger partial charge in [-0.25, -0.2) is 8.42 Å². The molecule has 0 aliphatic heterocycles. The SMILES string of the molecule is CCNC(=NCCCCCCC(C)C)NCCS(C)(=O)=O. The number of aliphatic imine (C=N–C) groups is 1. The summed E-state index contributed by atoms with van der Waals surface area (Å²) in [5.41, 5.74) is 0. The maximum absolute atomic E-state index is 11.1. The summed E-state index contributed by atoms with van der Waals surface area (Å²) >= 11 is 0. The van der Waals surface area contributed by atoms with Crippen LogP contribution >= 0.6 is 0 Å². The Balaban J connectivity index is 3.83. The van der Waals surface area contributed by atoms with Crippen LogP contribution < -0.4 is 10.6 Å². The Labute approximate surface area is 130 Å². The third kappa shape index (κ3) is 15.4. The topological polar surface area (TPSA) is 70.6 Å². The minimum Gasteiger partial charge on any atom is -0.357 e. The van der Waals surface area contributed by atoms with Crippen LogP contribution in [-0.4, -0.2) is 46.0 Å². The molecule has 0 saturated carbocycles. The van der Waals surface area contributed by atoms with Crippen molar-refractivity contribution in [2.75, 3.05) is 31.6 Å². The third-order valence-electron chi connectivity index (χ3n) is 3.07. The summed E-state index contributed by atoms with van der Waals surface area (Å²) in [4.78, 5) is 4.47. The largest absolute Gasteiger partial charge is 0.357 e. The molecule has 5 nitrogen and oxygen atoms in total. The van der Waals surface area contributed by atoms with E-state index in [2.05, 4.69) is 29.5 Å². The van der Waals surface area contributed by atoms with Crippen molar-refractivity contribution < 1.29 is 8.42 Å². The highest BCUT2D eigenvalue weighted by molar-refractivity contribution is 7.90. The van der Waals surface area contributed by atoms with Gasteiger partial charge in [0.25, 0.3) is 0 Å². The van der Waals surface area contributed by atoms with E-state index < -0.39 is 9.84 Å². The van der Waals surface area contributed by atoms with Crippen molar-refractivity contribution in [3.05, 3.63) is 0 Å².